The maximum Gasteiger partial charge on any atom is 0.309 e. The molecule has 5 rings (SSSR count). The molecule has 0 heterocycles. The zero-order valence-electron chi connectivity index (χ0n) is 15.4. The van der Waals surface area contributed by atoms with Gasteiger partial charge in [-0.3, -0.25) is 9.59 Å². The molecule has 1 aromatic rings. The Balaban J connectivity index is 1.33. The van der Waals surface area contributed by atoms with Crippen molar-refractivity contribution < 1.29 is 14.3 Å². The van der Waals surface area contributed by atoms with E-state index < -0.39 is 11.8 Å². The number of hydrogen-bond donors (Lipinski definition) is 2. The summed E-state index contributed by atoms with van der Waals surface area (Å²) in [7, 11) is 1.77. The smallest absolute Gasteiger partial charge is 0.309 e. The van der Waals surface area contributed by atoms with E-state index in [0.29, 0.717) is 24.9 Å². The molecule has 5 heteroatoms. The van der Waals surface area contributed by atoms with Crippen molar-refractivity contribution in [3.05, 3.63) is 35.9 Å². The van der Waals surface area contributed by atoms with Gasteiger partial charge in [-0.1, -0.05) is 30.3 Å². The Morgan fingerprint density at radius 1 is 0.962 bits per heavy atom. The molecule has 0 aromatic heterocycles. The molecule has 26 heavy (non-hydrogen) atoms. The third-order valence-electron chi connectivity index (χ3n) is 6.93. The molecule has 4 bridgehead atoms. The number of hydrogen-bond acceptors (Lipinski definition) is 3. The molecule has 0 aliphatic heterocycles. The van der Waals surface area contributed by atoms with E-state index in [1.807, 2.05) is 30.3 Å². The lowest BCUT2D eigenvalue weighted by Crippen LogP contribution is -2.63. The number of ether oxygens (including phenoxy) is 1. The fourth-order valence-corrected chi connectivity index (χ4v) is 5.83. The Kier molecular flexibility index (Phi) is 4.74. The summed E-state index contributed by atoms with van der Waals surface area (Å²) in [5, 5.41) is 5.55. The molecule has 1 aromatic carbocycles. The first-order valence-electron chi connectivity index (χ1n) is 9.76. The van der Waals surface area contributed by atoms with E-state index >= 15 is 0 Å². The van der Waals surface area contributed by atoms with Crippen LogP contribution in [-0.2, 0) is 20.9 Å². The topological polar surface area (TPSA) is 67.4 Å². The molecule has 0 spiro atoms. The highest BCUT2D eigenvalue weighted by molar-refractivity contribution is 6.35. The largest absolute Gasteiger partial charge is 0.376 e. The van der Waals surface area contributed by atoms with Gasteiger partial charge < -0.3 is 15.4 Å². The van der Waals surface area contributed by atoms with Crippen molar-refractivity contribution >= 4 is 11.8 Å². The average molecular weight is 356 g/mol. The first kappa shape index (κ1) is 17.5. The zero-order chi connectivity index (χ0) is 18.1. The standard InChI is InChI=1S/C21H28N2O3/c1-26-21(17-8-15-7-16(10-17)11-18(21)9-15)13-23-20(25)19(24)22-12-14-5-3-2-4-6-14/h2-6,15-18H,7-13H2,1H3,(H,22,24)(H,23,25). The van der Waals surface area contributed by atoms with Crippen LogP contribution in [0.5, 0.6) is 0 Å². The van der Waals surface area contributed by atoms with E-state index in [4.69, 9.17) is 4.74 Å². The highest BCUT2D eigenvalue weighted by atomic mass is 16.5. The molecule has 5 nitrogen and oxygen atoms in total. The monoisotopic (exact) mass is 356 g/mol. The van der Waals surface area contributed by atoms with Crippen molar-refractivity contribution in [3.8, 4) is 0 Å². The van der Waals surface area contributed by atoms with Gasteiger partial charge in [0.05, 0.1) is 5.60 Å². The molecule has 4 aliphatic carbocycles. The van der Waals surface area contributed by atoms with Crippen molar-refractivity contribution in [2.75, 3.05) is 13.7 Å². The van der Waals surface area contributed by atoms with Gasteiger partial charge in [0.15, 0.2) is 0 Å². The Hall–Kier alpha value is -1.88. The number of rotatable bonds is 5. The van der Waals surface area contributed by atoms with Gasteiger partial charge >= 0.3 is 11.8 Å². The van der Waals surface area contributed by atoms with E-state index in [0.717, 1.165) is 17.4 Å². The molecule has 0 saturated heterocycles. The fraction of sp³-hybridized carbons (Fsp3) is 0.619. The summed E-state index contributed by atoms with van der Waals surface area (Å²) < 4.78 is 6.03. The quantitative estimate of drug-likeness (QED) is 0.795. The first-order valence-corrected chi connectivity index (χ1v) is 9.76. The normalized spacial score (nSPS) is 34.5. The number of methoxy groups -OCH3 is 1. The van der Waals surface area contributed by atoms with E-state index in [1.54, 1.807) is 7.11 Å². The Bertz CT molecular complexity index is 645. The van der Waals surface area contributed by atoms with Crippen molar-refractivity contribution in [1.82, 2.24) is 10.6 Å². The van der Waals surface area contributed by atoms with E-state index in [9.17, 15) is 9.59 Å². The van der Waals surface area contributed by atoms with Crippen LogP contribution in [0.25, 0.3) is 0 Å². The van der Waals surface area contributed by atoms with Gasteiger partial charge in [0, 0.05) is 20.2 Å². The second kappa shape index (κ2) is 7.03. The minimum absolute atomic E-state index is 0.289. The van der Waals surface area contributed by atoms with E-state index in [1.165, 1.54) is 32.1 Å². The second-order valence-corrected chi connectivity index (χ2v) is 8.31. The summed E-state index contributed by atoms with van der Waals surface area (Å²) in [6.07, 6.45) is 6.20. The summed E-state index contributed by atoms with van der Waals surface area (Å²) in [5.41, 5.74) is 0.686. The van der Waals surface area contributed by atoms with Gasteiger partial charge in [0.2, 0.25) is 0 Å². The average Bonchev–Trinajstić information content (AvgIpc) is 2.66. The summed E-state index contributed by atoms with van der Waals surface area (Å²) in [4.78, 5) is 24.4. The zero-order valence-corrected chi connectivity index (χ0v) is 15.4. The van der Waals surface area contributed by atoms with Gasteiger partial charge in [-0.25, -0.2) is 0 Å². The lowest BCUT2D eigenvalue weighted by Gasteiger charge is -2.60. The maximum atomic E-state index is 12.3. The van der Waals surface area contributed by atoms with Crippen molar-refractivity contribution in [2.45, 2.75) is 44.2 Å². The summed E-state index contributed by atoms with van der Waals surface area (Å²) in [6, 6.07) is 9.60. The molecule has 4 aliphatic rings. The van der Waals surface area contributed by atoms with Crippen LogP contribution in [0.2, 0.25) is 0 Å². The molecular formula is C21H28N2O3. The third kappa shape index (κ3) is 3.13. The number of nitrogens with one attached hydrogen (secondary N) is 2. The van der Waals surface area contributed by atoms with Crippen LogP contribution >= 0.6 is 0 Å². The molecular weight excluding hydrogens is 328 g/mol. The minimum Gasteiger partial charge on any atom is -0.376 e. The van der Waals surface area contributed by atoms with Crippen molar-refractivity contribution in [2.24, 2.45) is 23.7 Å². The number of benzene rings is 1. The van der Waals surface area contributed by atoms with Gasteiger partial charge in [-0.15, -0.1) is 0 Å². The predicted octanol–water partition coefficient (Wildman–Crippen LogP) is 2.26. The second-order valence-electron chi connectivity index (χ2n) is 8.31. The lowest BCUT2D eigenvalue weighted by molar-refractivity contribution is -0.188. The van der Waals surface area contributed by atoms with E-state index in [2.05, 4.69) is 10.6 Å². The molecule has 140 valence electrons. The van der Waals surface area contributed by atoms with Crippen LogP contribution in [-0.4, -0.2) is 31.1 Å². The molecule has 4 fully saturated rings. The highest BCUT2D eigenvalue weighted by Gasteiger charge is 2.57. The number of carbonyl (C=O) groups is 2. The molecule has 0 radical (unpaired) electrons. The van der Waals surface area contributed by atoms with Crippen LogP contribution < -0.4 is 10.6 Å². The highest BCUT2D eigenvalue weighted by Crippen LogP contribution is 2.59. The fourth-order valence-electron chi connectivity index (χ4n) is 5.83. The Morgan fingerprint density at radius 2 is 1.54 bits per heavy atom. The molecule has 2 amide bonds. The Morgan fingerprint density at radius 3 is 2.12 bits per heavy atom. The third-order valence-corrected chi connectivity index (χ3v) is 6.93. The van der Waals surface area contributed by atoms with E-state index in [-0.39, 0.29) is 5.60 Å². The van der Waals surface area contributed by atoms with Gasteiger partial charge in [-0.05, 0) is 61.3 Å². The summed E-state index contributed by atoms with van der Waals surface area (Å²) in [5.74, 6) is 1.55. The van der Waals surface area contributed by atoms with Crippen molar-refractivity contribution in [3.63, 3.8) is 0 Å². The van der Waals surface area contributed by atoms with Crippen LogP contribution in [0.15, 0.2) is 30.3 Å². The minimum atomic E-state index is -0.580. The lowest BCUT2D eigenvalue weighted by atomic mass is 9.49. The van der Waals surface area contributed by atoms with Gasteiger partial charge in [0.25, 0.3) is 0 Å². The molecule has 0 unspecified atom stereocenters. The van der Waals surface area contributed by atoms with Crippen LogP contribution in [0.3, 0.4) is 0 Å². The molecule has 2 N–H and O–H groups in total. The molecule has 4 saturated carbocycles. The Labute approximate surface area is 154 Å². The van der Waals surface area contributed by atoms with Gasteiger partial charge in [-0.2, -0.15) is 0 Å². The first-order chi connectivity index (χ1) is 12.6. The summed E-state index contributed by atoms with van der Waals surface area (Å²) >= 11 is 0. The predicted molar refractivity (Wildman–Crippen MR) is 98.1 cm³/mol. The van der Waals surface area contributed by atoms with Crippen LogP contribution in [0.4, 0.5) is 0 Å². The SMILES string of the molecule is COC1(CNC(=O)C(=O)NCc2ccccc2)C2CC3CC(C2)CC1C3. The molecule has 0 atom stereocenters. The maximum absolute atomic E-state index is 12.3. The summed E-state index contributed by atoms with van der Waals surface area (Å²) in [6.45, 7) is 0.799. The number of carbonyl (C=O) groups excluding carboxylic acids is 2. The van der Waals surface area contributed by atoms with Crippen molar-refractivity contribution in [1.29, 1.82) is 0 Å². The van der Waals surface area contributed by atoms with Crippen LogP contribution in [0, 0.1) is 23.7 Å². The van der Waals surface area contributed by atoms with Crippen LogP contribution in [0.1, 0.15) is 37.7 Å². The van der Waals surface area contributed by atoms with Gasteiger partial charge in [0.1, 0.15) is 0 Å². The number of amides is 2.